The number of non-ortho nitro benzene ring substituents is 1. The molecule has 0 aliphatic rings. The molecule has 1 aromatic heterocycles. The normalized spacial score (nSPS) is 10.7. The van der Waals surface area contributed by atoms with Crippen LogP contribution in [0.3, 0.4) is 0 Å². The van der Waals surface area contributed by atoms with Gasteiger partial charge in [0.15, 0.2) is 6.61 Å². The van der Waals surface area contributed by atoms with Crippen molar-refractivity contribution in [1.29, 1.82) is 0 Å². The van der Waals surface area contributed by atoms with Gasteiger partial charge in [0.25, 0.3) is 5.69 Å². The summed E-state index contributed by atoms with van der Waals surface area (Å²) in [6.45, 7) is 5.23. The summed E-state index contributed by atoms with van der Waals surface area (Å²) >= 11 is 0. The molecule has 1 aromatic carbocycles. The Bertz CT molecular complexity index is 750. The van der Waals surface area contributed by atoms with Crippen molar-refractivity contribution in [2.45, 2.75) is 26.8 Å². The molecule has 0 spiro atoms. The van der Waals surface area contributed by atoms with Crippen molar-refractivity contribution >= 4 is 11.5 Å². The summed E-state index contributed by atoms with van der Waals surface area (Å²) in [5, 5.41) is 10.6. The minimum absolute atomic E-state index is 0.0155. The highest BCUT2D eigenvalue weighted by molar-refractivity contribution is 5.98. The van der Waals surface area contributed by atoms with Gasteiger partial charge in [-0.1, -0.05) is 0 Å². The highest BCUT2D eigenvalue weighted by atomic mass is 16.6. The maximum Gasteiger partial charge on any atom is 0.269 e. The number of benzene rings is 1. The van der Waals surface area contributed by atoms with Crippen LogP contribution in [0.4, 0.5) is 5.69 Å². The maximum absolute atomic E-state index is 12.4. The van der Waals surface area contributed by atoms with Crippen LogP contribution in [0.15, 0.2) is 30.3 Å². The number of nitro benzene ring substituents is 1. The van der Waals surface area contributed by atoms with E-state index in [2.05, 4.69) is 4.57 Å². The van der Waals surface area contributed by atoms with E-state index >= 15 is 0 Å². The lowest BCUT2D eigenvalue weighted by Crippen LogP contribution is -2.13. The molecule has 1 heterocycles. The first-order valence-electron chi connectivity index (χ1n) is 8.00. The molecule has 134 valence electrons. The number of carbonyl (C=O) groups excluding carboxylic acids is 1. The average Bonchev–Trinajstić information content (AvgIpc) is 2.88. The van der Waals surface area contributed by atoms with Crippen LogP contribution < -0.4 is 4.74 Å². The second kappa shape index (κ2) is 8.43. The molecule has 0 saturated heterocycles. The number of Topliss-reactive ketones (excluding diaryl/α,β-unsaturated/α-hetero) is 1. The highest BCUT2D eigenvalue weighted by Crippen LogP contribution is 2.19. The third-order valence-electron chi connectivity index (χ3n) is 4.02. The first-order valence-corrected chi connectivity index (χ1v) is 8.00. The first kappa shape index (κ1) is 18.7. The second-order valence-electron chi connectivity index (χ2n) is 5.75. The van der Waals surface area contributed by atoms with Gasteiger partial charge in [-0.2, -0.15) is 0 Å². The van der Waals surface area contributed by atoms with E-state index in [0.29, 0.717) is 17.9 Å². The van der Waals surface area contributed by atoms with Gasteiger partial charge >= 0.3 is 0 Å². The number of nitrogens with zero attached hydrogens (tertiary/aromatic N) is 2. The topological polar surface area (TPSA) is 83.6 Å². The summed E-state index contributed by atoms with van der Waals surface area (Å²) < 4.78 is 12.6. The molecule has 2 rings (SSSR count). The Morgan fingerprint density at radius 3 is 2.52 bits per heavy atom. The number of hydrogen-bond donors (Lipinski definition) is 0. The van der Waals surface area contributed by atoms with Gasteiger partial charge in [-0.15, -0.1) is 0 Å². The molecule has 2 aromatic rings. The molecule has 0 saturated carbocycles. The number of ether oxygens (including phenoxy) is 2. The molecule has 7 nitrogen and oxygen atoms in total. The zero-order valence-corrected chi connectivity index (χ0v) is 14.7. The van der Waals surface area contributed by atoms with Gasteiger partial charge in [-0.05, 0) is 38.5 Å². The molecule has 25 heavy (non-hydrogen) atoms. The number of methoxy groups -OCH3 is 1. The fourth-order valence-electron chi connectivity index (χ4n) is 2.69. The first-order chi connectivity index (χ1) is 11.9. The molecule has 0 aliphatic carbocycles. The summed E-state index contributed by atoms with van der Waals surface area (Å²) in [7, 11) is 1.67. The molecule has 0 N–H and O–H groups in total. The fraction of sp³-hybridized carbons (Fsp3) is 0.389. The maximum atomic E-state index is 12.4. The molecule has 0 atom stereocenters. The smallest absolute Gasteiger partial charge is 0.269 e. The monoisotopic (exact) mass is 346 g/mol. The third kappa shape index (κ3) is 4.67. The number of carbonyl (C=O) groups is 1. The van der Waals surface area contributed by atoms with Gasteiger partial charge < -0.3 is 14.0 Å². The molecule has 0 fully saturated rings. The Morgan fingerprint density at radius 2 is 1.92 bits per heavy atom. The lowest BCUT2D eigenvalue weighted by Gasteiger charge is -2.09. The predicted molar refractivity (Wildman–Crippen MR) is 93.3 cm³/mol. The SMILES string of the molecule is COCCCn1c(C)cc(C(=O)COc2ccc([N+](=O)[O-])cc2)c1C. The third-order valence-corrected chi connectivity index (χ3v) is 4.02. The number of rotatable bonds is 9. The van der Waals surface area contributed by atoms with E-state index in [4.69, 9.17) is 9.47 Å². The van der Waals surface area contributed by atoms with Crippen molar-refractivity contribution in [1.82, 2.24) is 4.57 Å². The van der Waals surface area contributed by atoms with Crippen molar-refractivity contribution in [3.63, 3.8) is 0 Å². The van der Waals surface area contributed by atoms with E-state index < -0.39 is 4.92 Å². The molecule has 0 aliphatic heterocycles. The lowest BCUT2D eigenvalue weighted by molar-refractivity contribution is -0.384. The summed E-state index contributed by atoms with van der Waals surface area (Å²) in [6, 6.07) is 7.53. The Kier molecular flexibility index (Phi) is 6.30. The van der Waals surface area contributed by atoms with Crippen molar-refractivity contribution in [2.75, 3.05) is 20.3 Å². The van der Waals surface area contributed by atoms with Gasteiger partial charge in [0, 0.05) is 49.3 Å². The highest BCUT2D eigenvalue weighted by Gasteiger charge is 2.16. The van der Waals surface area contributed by atoms with Crippen LogP contribution in [0, 0.1) is 24.0 Å². The van der Waals surface area contributed by atoms with E-state index in [-0.39, 0.29) is 18.1 Å². The van der Waals surface area contributed by atoms with E-state index in [9.17, 15) is 14.9 Å². The van der Waals surface area contributed by atoms with Crippen molar-refractivity contribution in [3.05, 3.63) is 57.4 Å². The number of ketones is 1. The van der Waals surface area contributed by atoms with E-state index in [1.54, 1.807) is 7.11 Å². The summed E-state index contributed by atoms with van der Waals surface area (Å²) in [4.78, 5) is 22.6. The summed E-state index contributed by atoms with van der Waals surface area (Å²) in [5.74, 6) is 0.303. The van der Waals surface area contributed by atoms with Gasteiger partial charge in [0.2, 0.25) is 5.78 Å². The van der Waals surface area contributed by atoms with E-state index in [1.807, 2.05) is 19.9 Å². The number of aryl methyl sites for hydroxylation is 1. The van der Waals surface area contributed by atoms with Crippen LogP contribution in [-0.4, -0.2) is 35.6 Å². The van der Waals surface area contributed by atoms with Crippen LogP contribution in [-0.2, 0) is 11.3 Å². The number of hydrogen-bond acceptors (Lipinski definition) is 5. The Labute approximate surface area is 146 Å². The standard InChI is InChI=1S/C18H22N2O5/c1-13-11-17(14(2)19(13)9-4-10-24-3)18(21)12-25-16-7-5-15(6-8-16)20(22)23/h5-8,11H,4,9-10,12H2,1-3H3. The largest absolute Gasteiger partial charge is 0.485 e. The van der Waals surface area contributed by atoms with Crippen LogP contribution >= 0.6 is 0 Å². The van der Waals surface area contributed by atoms with Gasteiger partial charge in [0.1, 0.15) is 5.75 Å². The van der Waals surface area contributed by atoms with Gasteiger partial charge in [-0.3, -0.25) is 14.9 Å². The van der Waals surface area contributed by atoms with Crippen LogP contribution in [0.5, 0.6) is 5.75 Å². The zero-order valence-electron chi connectivity index (χ0n) is 14.7. The molecule has 0 unspecified atom stereocenters. The Morgan fingerprint density at radius 1 is 1.24 bits per heavy atom. The quantitative estimate of drug-likeness (QED) is 0.301. The van der Waals surface area contributed by atoms with Crippen LogP contribution in [0.1, 0.15) is 28.2 Å². The Hall–Kier alpha value is -2.67. The Balaban J connectivity index is 2.00. The zero-order chi connectivity index (χ0) is 18.4. The predicted octanol–water partition coefficient (Wildman–Crippen LogP) is 3.31. The van der Waals surface area contributed by atoms with Crippen molar-refractivity contribution < 1.29 is 19.2 Å². The minimum atomic E-state index is -0.479. The molecule has 7 heteroatoms. The summed E-state index contributed by atoms with van der Waals surface area (Å²) in [5.41, 5.74) is 2.55. The summed E-state index contributed by atoms with van der Waals surface area (Å²) in [6.07, 6.45) is 0.875. The van der Waals surface area contributed by atoms with Crippen molar-refractivity contribution in [2.24, 2.45) is 0 Å². The molecule has 0 bridgehead atoms. The lowest BCUT2D eigenvalue weighted by atomic mass is 10.1. The second-order valence-corrected chi connectivity index (χ2v) is 5.75. The fourth-order valence-corrected chi connectivity index (χ4v) is 2.69. The van der Waals surface area contributed by atoms with E-state index in [0.717, 1.165) is 24.4 Å². The van der Waals surface area contributed by atoms with E-state index in [1.165, 1.54) is 24.3 Å². The number of nitro groups is 1. The number of aromatic nitrogens is 1. The molecule has 0 amide bonds. The van der Waals surface area contributed by atoms with Gasteiger partial charge in [0.05, 0.1) is 4.92 Å². The van der Waals surface area contributed by atoms with Gasteiger partial charge in [-0.25, -0.2) is 0 Å². The average molecular weight is 346 g/mol. The minimum Gasteiger partial charge on any atom is -0.485 e. The molecule has 0 radical (unpaired) electrons. The molecular weight excluding hydrogens is 324 g/mol. The molecular formula is C18H22N2O5. The van der Waals surface area contributed by atoms with Crippen LogP contribution in [0.25, 0.3) is 0 Å². The van der Waals surface area contributed by atoms with Crippen LogP contribution in [0.2, 0.25) is 0 Å². The van der Waals surface area contributed by atoms with Crippen molar-refractivity contribution in [3.8, 4) is 5.75 Å².